The first-order chi connectivity index (χ1) is 7.63. The number of ether oxygens (including phenoxy) is 1. The normalized spacial score (nSPS) is 9.94. The molecule has 1 rings (SSSR count). The van der Waals surface area contributed by atoms with Gasteiger partial charge in [0.2, 0.25) is 0 Å². The van der Waals surface area contributed by atoms with Crippen LogP contribution < -0.4 is 10.1 Å². The van der Waals surface area contributed by atoms with Gasteiger partial charge in [-0.25, -0.2) is 13.6 Å². The Morgan fingerprint density at radius 3 is 2.81 bits per heavy atom. The van der Waals surface area contributed by atoms with Gasteiger partial charge in [-0.1, -0.05) is 13.3 Å². The van der Waals surface area contributed by atoms with Crippen molar-refractivity contribution in [3.05, 3.63) is 29.8 Å². The van der Waals surface area contributed by atoms with Crippen molar-refractivity contribution in [1.82, 2.24) is 5.32 Å². The molecule has 1 amide bonds. The van der Waals surface area contributed by atoms with Crippen LogP contribution >= 0.6 is 0 Å². The molecule has 0 aromatic heterocycles. The van der Waals surface area contributed by atoms with E-state index in [0.717, 1.165) is 25.0 Å². The Kier molecular flexibility index (Phi) is 4.69. The molecule has 1 N–H and O–H groups in total. The monoisotopic (exact) mass is 229 g/mol. The standard InChI is InChI=1S/C11H13F2NO2/c1-2-3-6-14-11(15)16-10-5-4-8(12)7-9(10)13/h4-5,7H,2-3,6H2,1H3,(H,14,15). The number of benzene rings is 1. The van der Waals surface area contributed by atoms with Gasteiger partial charge in [0.25, 0.3) is 0 Å². The maximum absolute atomic E-state index is 13.1. The third-order valence-corrected chi connectivity index (χ3v) is 1.90. The van der Waals surface area contributed by atoms with E-state index in [-0.39, 0.29) is 5.75 Å². The molecule has 0 saturated heterocycles. The van der Waals surface area contributed by atoms with Crippen molar-refractivity contribution < 1.29 is 18.3 Å². The predicted octanol–water partition coefficient (Wildman–Crippen LogP) is 2.85. The Labute approximate surface area is 92.4 Å². The van der Waals surface area contributed by atoms with Gasteiger partial charge in [-0.2, -0.15) is 0 Å². The van der Waals surface area contributed by atoms with Crippen molar-refractivity contribution in [3.63, 3.8) is 0 Å². The number of nitrogens with one attached hydrogen (secondary N) is 1. The highest BCUT2D eigenvalue weighted by Gasteiger charge is 2.09. The Hall–Kier alpha value is -1.65. The van der Waals surface area contributed by atoms with Crippen LogP contribution in [0.1, 0.15) is 19.8 Å². The van der Waals surface area contributed by atoms with E-state index >= 15 is 0 Å². The largest absolute Gasteiger partial charge is 0.412 e. The molecule has 0 bridgehead atoms. The number of hydrogen-bond acceptors (Lipinski definition) is 2. The van der Waals surface area contributed by atoms with Gasteiger partial charge in [-0.05, 0) is 18.6 Å². The van der Waals surface area contributed by atoms with E-state index in [1.165, 1.54) is 0 Å². The minimum Gasteiger partial charge on any atom is -0.407 e. The molecular weight excluding hydrogens is 216 g/mol. The fraction of sp³-hybridized carbons (Fsp3) is 0.364. The van der Waals surface area contributed by atoms with Crippen molar-refractivity contribution in [3.8, 4) is 5.75 Å². The molecule has 0 aliphatic heterocycles. The van der Waals surface area contributed by atoms with Crippen LogP contribution in [0.3, 0.4) is 0 Å². The lowest BCUT2D eigenvalue weighted by atomic mass is 10.3. The number of carbonyl (C=O) groups is 1. The molecule has 0 atom stereocenters. The first-order valence-corrected chi connectivity index (χ1v) is 5.04. The first kappa shape index (κ1) is 12.4. The van der Waals surface area contributed by atoms with Gasteiger partial charge in [-0.3, -0.25) is 0 Å². The zero-order valence-corrected chi connectivity index (χ0v) is 8.93. The van der Waals surface area contributed by atoms with Crippen LogP contribution in [0.15, 0.2) is 18.2 Å². The third-order valence-electron chi connectivity index (χ3n) is 1.90. The van der Waals surface area contributed by atoms with Crippen LogP contribution in [0.25, 0.3) is 0 Å². The molecule has 0 aliphatic rings. The van der Waals surface area contributed by atoms with Gasteiger partial charge in [0, 0.05) is 12.6 Å². The second-order valence-corrected chi connectivity index (χ2v) is 3.24. The molecule has 1 aromatic rings. The van der Waals surface area contributed by atoms with Crippen LogP contribution in [-0.4, -0.2) is 12.6 Å². The van der Waals surface area contributed by atoms with E-state index in [1.807, 2.05) is 6.92 Å². The topological polar surface area (TPSA) is 38.3 Å². The SMILES string of the molecule is CCCCNC(=O)Oc1ccc(F)cc1F. The summed E-state index contributed by atoms with van der Waals surface area (Å²) in [7, 11) is 0. The van der Waals surface area contributed by atoms with Crippen LogP contribution in [0.5, 0.6) is 5.75 Å². The molecule has 0 unspecified atom stereocenters. The number of carbonyl (C=O) groups excluding carboxylic acids is 1. The van der Waals surface area contributed by atoms with Gasteiger partial charge >= 0.3 is 6.09 Å². The number of halogens is 2. The van der Waals surface area contributed by atoms with Gasteiger partial charge in [-0.15, -0.1) is 0 Å². The molecular formula is C11H13F2NO2. The number of rotatable bonds is 4. The minimum atomic E-state index is -0.898. The Morgan fingerprint density at radius 2 is 2.19 bits per heavy atom. The van der Waals surface area contributed by atoms with Crippen LogP contribution in [-0.2, 0) is 0 Å². The summed E-state index contributed by atoms with van der Waals surface area (Å²) in [6, 6.07) is 2.76. The van der Waals surface area contributed by atoms with Crippen molar-refractivity contribution in [2.45, 2.75) is 19.8 Å². The summed E-state index contributed by atoms with van der Waals surface area (Å²) in [6.45, 7) is 2.45. The van der Waals surface area contributed by atoms with E-state index < -0.39 is 17.7 Å². The van der Waals surface area contributed by atoms with E-state index in [1.54, 1.807) is 0 Å². The van der Waals surface area contributed by atoms with Crippen molar-refractivity contribution in [2.24, 2.45) is 0 Å². The second-order valence-electron chi connectivity index (χ2n) is 3.24. The Morgan fingerprint density at radius 1 is 1.44 bits per heavy atom. The molecule has 5 heteroatoms. The fourth-order valence-corrected chi connectivity index (χ4v) is 1.06. The highest BCUT2D eigenvalue weighted by molar-refractivity contribution is 5.70. The van der Waals surface area contributed by atoms with E-state index in [2.05, 4.69) is 10.1 Å². The van der Waals surface area contributed by atoms with Crippen LogP contribution in [0.4, 0.5) is 13.6 Å². The first-order valence-electron chi connectivity index (χ1n) is 5.04. The summed E-state index contributed by atoms with van der Waals surface area (Å²) in [5.74, 6) is -1.89. The Balaban J connectivity index is 2.49. The van der Waals surface area contributed by atoms with Gasteiger partial charge < -0.3 is 10.1 Å². The number of unbranched alkanes of at least 4 members (excludes halogenated alkanes) is 1. The quantitative estimate of drug-likeness (QED) is 0.806. The molecule has 0 radical (unpaired) electrons. The maximum Gasteiger partial charge on any atom is 0.412 e. The summed E-state index contributed by atoms with van der Waals surface area (Å²) in [5.41, 5.74) is 0. The summed E-state index contributed by atoms with van der Waals surface area (Å²) in [4.78, 5) is 11.1. The fourth-order valence-electron chi connectivity index (χ4n) is 1.06. The predicted molar refractivity (Wildman–Crippen MR) is 55.3 cm³/mol. The summed E-state index contributed by atoms with van der Waals surface area (Å²) in [5, 5.41) is 2.45. The lowest BCUT2D eigenvalue weighted by molar-refractivity contribution is 0.198. The lowest BCUT2D eigenvalue weighted by Crippen LogP contribution is -2.27. The van der Waals surface area contributed by atoms with Gasteiger partial charge in [0.15, 0.2) is 11.6 Å². The lowest BCUT2D eigenvalue weighted by Gasteiger charge is -2.06. The molecule has 3 nitrogen and oxygen atoms in total. The molecule has 88 valence electrons. The van der Waals surface area contributed by atoms with Crippen molar-refractivity contribution >= 4 is 6.09 Å². The van der Waals surface area contributed by atoms with E-state index in [0.29, 0.717) is 12.6 Å². The van der Waals surface area contributed by atoms with Gasteiger partial charge in [0.05, 0.1) is 0 Å². The highest BCUT2D eigenvalue weighted by atomic mass is 19.1. The molecule has 0 heterocycles. The average molecular weight is 229 g/mol. The van der Waals surface area contributed by atoms with Crippen molar-refractivity contribution in [2.75, 3.05) is 6.54 Å². The zero-order chi connectivity index (χ0) is 12.0. The smallest absolute Gasteiger partial charge is 0.407 e. The van der Waals surface area contributed by atoms with Crippen molar-refractivity contribution in [1.29, 1.82) is 0 Å². The average Bonchev–Trinajstić information content (AvgIpc) is 2.23. The zero-order valence-electron chi connectivity index (χ0n) is 8.93. The molecule has 0 spiro atoms. The number of hydrogen-bond donors (Lipinski definition) is 1. The highest BCUT2D eigenvalue weighted by Crippen LogP contribution is 2.17. The summed E-state index contributed by atoms with van der Waals surface area (Å²) in [6.07, 6.45) is 1.02. The maximum atomic E-state index is 13.1. The number of amides is 1. The molecule has 0 saturated carbocycles. The molecule has 1 aromatic carbocycles. The van der Waals surface area contributed by atoms with E-state index in [4.69, 9.17) is 0 Å². The van der Waals surface area contributed by atoms with Crippen LogP contribution in [0, 0.1) is 11.6 Å². The minimum absolute atomic E-state index is 0.282. The molecule has 0 aliphatic carbocycles. The Bertz CT molecular complexity index is 369. The molecule has 0 fully saturated rings. The molecule has 16 heavy (non-hydrogen) atoms. The second kappa shape index (κ2) is 6.05. The van der Waals surface area contributed by atoms with Crippen LogP contribution in [0.2, 0.25) is 0 Å². The summed E-state index contributed by atoms with van der Waals surface area (Å²) >= 11 is 0. The van der Waals surface area contributed by atoms with E-state index in [9.17, 15) is 13.6 Å². The summed E-state index contributed by atoms with van der Waals surface area (Å²) < 4.78 is 30.2. The third kappa shape index (κ3) is 3.84. The van der Waals surface area contributed by atoms with Gasteiger partial charge in [0.1, 0.15) is 5.82 Å².